The molecule has 0 unspecified atom stereocenters. The van der Waals surface area contributed by atoms with Crippen LogP contribution in [0.5, 0.6) is 5.75 Å². The standard InChI is InChI=1S/C26H33N7O3/c1-6-9-12-32-15-18(16-32)33-20(7-2)25(35)31(4)21-14-28-26(30-23(21)33)29-19-11-10-17(13-22(19)36-5)24(34)27-8-3/h10-11,13-14,18,20H,7-8,12,15-16H2,1-5H3,(H,27,34)(H,28,29,30)/t20-/m1/s1. The lowest BCUT2D eigenvalue weighted by molar-refractivity contribution is -0.120. The molecule has 0 aliphatic carbocycles. The summed E-state index contributed by atoms with van der Waals surface area (Å²) >= 11 is 0. The Morgan fingerprint density at radius 1 is 1.28 bits per heavy atom. The smallest absolute Gasteiger partial charge is 0.251 e. The first kappa shape index (κ1) is 25.3. The van der Waals surface area contributed by atoms with Crippen LogP contribution in [0.15, 0.2) is 24.4 Å². The second-order valence-electron chi connectivity index (χ2n) is 8.81. The zero-order valence-electron chi connectivity index (χ0n) is 21.5. The highest BCUT2D eigenvalue weighted by Crippen LogP contribution is 2.38. The predicted octanol–water partition coefficient (Wildman–Crippen LogP) is 2.25. The number of anilines is 4. The first-order chi connectivity index (χ1) is 17.4. The predicted molar refractivity (Wildman–Crippen MR) is 140 cm³/mol. The lowest BCUT2D eigenvalue weighted by atomic mass is 9.99. The number of carbonyl (C=O) groups excluding carboxylic acids is 2. The van der Waals surface area contributed by atoms with Crippen molar-refractivity contribution in [3.05, 3.63) is 30.0 Å². The van der Waals surface area contributed by atoms with E-state index in [0.29, 0.717) is 41.6 Å². The van der Waals surface area contributed by atoms with Crippen LogP contribution in [-0.4, -0.2) is 79.1 Å². The molecule has 10 heteroatoms. The Kier molecular flexibility index (Phi) is 7.60. The fraction of sp³-hybridized carbons (Fsp3) is 0.462. The molecule has 0 spiro atoms. The van der Waals surface area contributed by atoms with Crippen molar-refractivity contribution in [2.75, 3.05) is 55.5 Å². The van der Waals surface area contributed by atoms with Crippen LogP contribution in [0.4, 0.5) is 23.1 Å². The Labute approximate surface area is 212 Å². The summed E-state index contributed by atoms with van der Waals surface area (Å²) in [5.74, 6) is 7.54. The molecule has 3 heterocycles. The van der Waals surface area contributed by atoms with Crippen LogP contribution in [0.2, 0.25) is 0 Å². The number of benzene rings is 1. The summed E-state index contributed by atoms with van der Waals surface area (Å²) in [5, 5.41) is 6.01. The number of aromatic nitrogens is 2. The van der Waals surface area contributed by atoms with Gasteiger partial charge in [0.25, 0.3) is 5.91 Å². The summed E-state index contributed by atoms with van der Waals surface area (Å²) < 4.78 is 5.52. The van der Waals surface area contributed by atoms with Crippen LogP contribution in [0.1, 0.15) is 37.6 Å². The van der Waals surface area contributed by atoms with Gasteiger partial charge < -0.3 is 25.2 Å². The van der Waals surface area contributed by atoms with E-state index in [0.717, 1.165) is 25.5 Å². The van der Waals surface area contributed by atoms with Gasteiger partial charge in [0.2, 0.25) is 11.9 Å². The molecule has 1 atom stereocenters. The normalized spacial score (nSPS) is 17.6. The molecule has 2 aromatic rings. The molecule has 0 bridgehead atoms. The van der Waals surface area contributed by atoms with Gasteiger partial charge in [-0.05, 0) is 38.5 Å². The first-order valence-corrected chi connectivity index (χ1v) is 12.2. The van der Waals surface area contributed by atoms with Crippen LogP contribution in [0.25, 0.3) is 0 Å². The minimum absolute atomic E-state index is 0.0451. The van der Waals surface area contributed by atoms with Crippen molar-refractivity contribution in [2.45, 2.75) is 39.3 Å². The maximum absolute atomic E-state index is 13.1. The van der Waals surface area contributed by atoms with Gasteiger partial charge in [-0.25, -0.2) is 4.98 Å². The third kappa shape index (κ3) is 4.79. The first-order valence-electron chi connectivity index (χ1n) is 12.2. The van der Waals surface area contributed by atoms with Gasteiger partial charge in [-0.3, -0.25) is 14.5 Å². The molecule has 1 fully saturated rings. The van der Waals surface area contributed by atoms with Crippen molar-refractivity contribution >= 4 is 35.0 Å². The molecule has 10 nitrogen and oxygen atoms in total. The third-order valence-electron chi connectivity index (χ3n) is 6.55. The monoisotopic (exact) mass is 491 g/mol. The molecular weight excluding hydrogens is 458 g/mol. The van der Waals surface area contributed by atoms with Gasteiger partial charge >= 0.3 is 0 Å². The Balaban J connectivity index is 1.64. The highest BCUT2D eigenvalue weighted by atomic mass is 16.5. The molecular formula is C26H33N7O3. The van der Waals surface area contributed by atoms with Gasteiger partial charge in [0.1, 0.15) is 17.5 Å². The van der Waals surface area contributed by atoms with Gasteiger partial charge in [0.05, 0.1) is 31.6 Å². The van der Waals surface area contributed by atoms with E-state index >= 15 is 0 Å². The van der Waals surface area contributed by atoms with E-state index in [2.05, 4.69) is 37.3 Å². The van der Waals surface area contributed by atoms with Gasteiger partial charge in [-0.1, -0.05) is 12.8 Å². The Morgan fingerprint density at radius 3 is 2.72 bits per heavy atom. The number of methoxy groups -OCH3 is 1. The van der Waals surface area contributed by atoms with Crippen molar-refractivity contribution in [1.82, 2.24) is 20.2 Å². The summed E-state index contributed by atoms with van der Waals surface area (Å²) in [6.07, 6.45) is 2.35. The van der Waals surface area contributed by atoms with Crippen LogP contribution in [-0.2, 0) is 4.79 Å². The molecule has 2 aliphatic rings. The quantitative estimate of drug-likeness (QED) is 0.542. The summed E-state index contributed by atoms with van der Waals surface area (Å²) in [6, 6.07) is 5.05. The number of likely N-dealkylation sites (N-methyl/N-ethyl adjacent to an activating group) is 1. The summed E-state index contributed by atoms with van der Waals surface area (Å²) in [4.78, 5) is 40.7. The highest BCUT2D eigenvalue weighted by Gasteiger charge is 2.44. The number of rotatable bonds is 8. The maximum Gasteiger partial charge on any atom is 0.251 e. The average molecular weight is 492 g/mol. The van der Waals surface area contributed by atoms with Gasteiger partial charge in [0.15, 0.2) is 5.82 Å². The molecule has 1 aromatic heterocycles. The summed E-state index contributed by atoms with van der Waals surface area (Å²) in [5.41, 5.74) is 1.82. The lowest BCUT2D eigenvalue weighted by Crippen LogP contribution is -2.66. The minimum atomic E-state index is -0.291. The number of amides is 2. The minimum Gasteiger partial charge on any atom is -0.495 e. The number of ether oxygens (including phenoxy) is 1. The topological polar surface area (TPSA) is 103 Å². The van der Waals surface area contributed by atoms with Crippen molar-refractivity contribution in [1.29, 1.82) is 0 Å². The van der Waals surface area contributed by atoms with E-state index < -0.39 is 0 Å². The summed E-state index contributed by atoms with van der Waals surface area (Å²) in [6.45, 7) is 8.65. The zero-order valence-corrected chi connectivity index (χ0v) is 21.5. The second kappa shape index (κ2) is 10.8. The maximum atomic E-state index is 13.1. The van der Waals surface area contributed by atoms with E-state index in [1.807, 2.05) is 20.8 Å². The van der Waals surface area contributed by atoms with Gasteiger partial charge in [-0.15, -0.1) is 5.92 Å². The SMILES string of the molecule is CC#CCN1CC(N2c3nc(Nc4ccc(C(=O)NCC)cc4OC)ncc3N(C)C(=O)[C@H]2CC)C1. The van der Waals surface area contributed by atoms with Crippen LogP contribution >= 0.6 is 0 Å². The molecule has 2 aliphatic heterocycles. The number of hydrogen-bond donors (Lipinski definition) is 2. The molecule has 4 rings (SSSR count). The van der Waals surface area contributed by atoms with Crippen LogP contribution in [0.3, 0.4) is 0 Å². The number of nitrogens with one attached hydrogen (secondary N) is 2. The van der Waals surface area contributed by atoms with Crippen molar-refractivity contribution in [3.8, 4) is 17.6 Å². The summed E-state index contributed by atoms with van der Waals surface area (Å²) in [7, 11) is 3.32. The highest BCUT2D eigenvalue weighted by molar-refractivity contribution is 6.04. The van der Waals surface area contributed by atoms with Crippen molar-refractivity contribution < 1.29 is 14.3 Å². The fourth-order valence-corrected chi connectivity index (χ4v) is 4.62. The lowest BCUT2D eigenvalue weighted by Gasteiger charge is -2.50. The number of likely N-dealkylation sites (tertiary alicyclic amines) is 1. The number of fused-ring (bicyclic) bond motifs is 1. The Bertz CT molecular complexity index is 1200. The van der Waals surface area contributed by atoms with E-state index in [9.17, 15) is 9.59 Å². The largest absolute Gasteiger partial charge is 0.495 e. The Hall–Kier alpha value is -3.84. The molecule has 2 N–H and O–H groups in total. The van der Waals surface area contributed by atoms with Crippen molar-refractivity contribution in [3.63, 3.8) is 0 Å². The second-order valence-corrected chi connectivity index (χ2v) is 8.81. The van der Waals surface area contributed by atoms with Crippen molar-refractivity contribution in [2.24, 2.45) is 0 Å². The van der Waals surface area contributed by atoms with E-state index in [-0.39, 0.29) is 23.9 Å². The molecule has 0 saturated carbocycles. The number of hydrogen-bond acceptors (Lipinski definition) is 8. The number of carbonyl (C=O) groups is 2. The molecule has 0 radical (unpaired) electrons. The van der Waals surface area contributed by atoms with E-state index in [4.69, 9.17) is 9.72 Å². The van der Waals surface area contributed by atoms with Gasteiger partial charge in [0, 0.05) is 32.2 Å². The van der Waals surface area contributed by atoms with Crippen LogP contribution in [0, 0.1) is 11.8 Å². The fourth-order valence-electron chi connectivity index (χ4n) is 4.62. The van der Waals surface area contributed by atoms with Crippen LogP contribution < -0.4 is 25.2 Å². The molecule has 2 amide bonds. The average Bonchev–Trinajstić information content (AvgIpc) is 2.86. The number of nitrogens with zero attached hydrogens (tertiary/aromatic N) is 5. The Morgan fingerprint density at radius 2 is 2.06 bits per heavy atom. The van der Waals surface area contributed by atoms with Gasteiger partial charge in [-0.2, -0.15) is 4.98 Å². The zero-order chi connectivity index (χ0) is 25.8. The molecule has 1 aromatic carbocycles. The van der Waals surface area contributed by atoms with E-state index in [1.165, 1.54) is 0 Å². The molecule has 36 heavy (non-hydrogen) atoms. The van der Waals surface area contributed by atoms with E-state index in [1.54, 1.807) is 43.5 Å². The molecule has 190 valence electrons. The molecule has 1 saturated heterocycles. The third-order valence-corrected chi connectivity index (χ3v) is 6.55.